The normalized spacial score (nSPS) is 11.8. The second-order valence-electron chi connectivity index (χ2n) is 6.52. The highest BCUT2D eigenvalue weighted by molar-refractivity contribution is 7.99. The Morgan fingerprint density at radius 3 is 2.33 bits per heavy atom. The number of hydrogen-bond acceptors (Lipinski definition) is 3. The zero-order valence-corrected chi connectivity index (χ0v) is 20.4. The van der Waals surface area contributed by atoms with E-state index >= 15 is 0 Å². The van der Waals surface area contributed by atoms with E-state index in [1.165, 1.54) is 16.7 Å². The summed E-state index contributed by atoms with van der Waals surface area (Å²) in [5.74, 6) is 0.280. The Morgan fingerprint density at radius 1 is 1.07 bits per heavy atom. The first-order valence-electron chi connectivity index (χ1n) is 9.26. The lowest BCUT2D eigenvalue weighted by molar-refractivity contribution is -0.138. The van der Waals surface area contributed by atoms with E-state index in [1.54, 1.807) is 37.3 Å². The molecule has 2 amide bonds. The first-order chi connectivity index (χ1) is 14.2. The number of carbonyl (C=O) groups is 2. The third-order valence-electron chi connectivity index (χ3n) is 4.41. The Hall–Kier alpha value is -1.11. The molecular weight excluding hydrogens is 486 g/mol. The van der Waals surface area contributed by atoms with Gasteiger partial charge in [0, 0.05) is 44.5 Å². The van der Waals surface area contributed by atoms with Crippen molar-refractivity contribution in [2.24, 2.45) is 0 Å². The van der Waals surface area contributed by atoms with Crippen molar-refractivity contribution >= 4 is 70.0 Å². The fourth-order valence-corrected chi connectivity index (χ4v) is 4.71. The molecule has 2 aromatic rings. The average molecular weight is 508 g/mol. The third kappa shape index (κ3) is 6.96. The minimum absolute atomic E-state index is 0.137. The van der Waals surface area contributed by atoms with Crippen LogP contribution in [0, 0.1) is 0 Å². The Balaban J connectivity index is 2.14. The maximum absolute atomic E-state index is 13.0. The van der Waals surface area contributed by atoms with Gasteiger partial charge in [0.1, 0.15) is 6.04 Å². The fourth-order valence-electron chi connectivity index (χ4n) is 2.73. The van der Waals surface area contributed by atoms with Gasteiger partial charge in [-0.15, -0.1) is 11.8 Å². The molecule has 30 heavy (non-hydrogen) atoms. The lowest BCUT2D eigenvalue weighted by Crippen LogP contribution is -2.48. The highest BCUT2D eigenvalue weighted by atomic mass is 35.5. The van der Waals surface area contributed by atoms with Gasteiger partial charge in [-0.3, -0.25) is 9.59 Å². The van der Waals surface area contributed by atoms with Gasteiger partial charge in [-0.1, -0.05) is 58.5 Å². The molecule has 0 aliphatic rings. The highest BCUT2D eigenvalue weighted by Gasteiger charge is 2.27. The molecule has 0 saturated heterocycles. The third-order valence-corrected chi connectivity index (χ3v) is 6.67. The van der Waals surface area contributed by atoms with Gasteiger partial charge in [0.05, 0.1) is 5.75 Å². The summed E-state index contributed by atoms with van der Waals surface area (Å²) in [6.07, 6.45) is 0. The molecule has 0 heterocycles. The summed E-state index contributed by atoms with van der Waals surface area (Å²) >= 11 is 26.1. The van der Waals surface area contributed by atoms with Crippen LogP contribution in [-0.2, 0) is 21.9 Å². The molecule has 9 heteroatoms. The Morgan fingerprint density at radius 2 is 1.73 bits per heavy atom. The van der Waals surface area contributed by atoms with Crippen molar-refractivity contribution in [3.63, 3.8) is 0 Å². The minimum atomic E-state index is -0.676. The number of likely N-dealkylation sites (N-methyl/N-ethyl adjacent to an activating group) is 1. The van der Waals surface area contributed by atoms with Gasteiger partial charge < -0.3 is 10.2 Å². The van der Waals surface area contributed by atoms with Crippen LogP contribution in [0.1, 0.15) is 25.0 Å². The molecule has 0 spiro atoms. The maximum atomic E-state index is 13.0. The molecule has 0 aliphatic carbocycles. The van der Waals surface area contributed by atoms with Crippen LogP contribution < -0.4 is 5.32 Å². The van der Waals surface area contributed by atoms with Crippen LogP contribution in [0.4, 0.5) is 0 Å². The van der Waals surface area contributed by atoms with Crippen molar-refractivity contribution in [2.45, 2.75) is 32.2 Å². The van der Waals surface area contributed by atoms with Crippen LogP contribution in [0.3, 0.4) is 0 Å². The van der Waals surface area contributed by atoms with Crippen LogP contribution in [0.5, 0.6) is 0 Å². The summed E-state index contributed by atoms with van der Waals surface area (Å²) in [6.45, 7) is 4.13. The van der Waals surface area contributed by atoms with E-state index in [0.717, 1.165) is 5.56 Å². The first-order valence-corrected chi connectivity index (χ1v) is 11.9. The molecule has 2 rings (SSSR count). The number of benzene rings is 2. The van der Waals surface area contributed by atoms with Crippen molar-refractivity contribution in [3.05, 3.63) is 67.6 Å². The lowest BCUT2D eigenvalue weighted by atomic mass is 10.1. The second-order valence-corrected chi connectivity index (χ2v) is 9.16. The maximum Gasteiger partial charge on any atom is 0.242 e. The van der Waals surface area contributed by atoms with E-state index in [0.29, 0.717) is 38.0 Å². The van der Waals surface area contributed by atoms with Gasteiger partial charge in [-0.25, -0.2) is 0 Å². The molecule has 162 valence electrons. The summed E-state index contributed by atoms with van der Waals surface area (Å²) in [5, 5.41) is 4.76. The fraction of sp³-hybridized carbons (Fsp3) is 0.333. The molecule has 0 fully saturated rings. The van der Waals surface area contributed by atoms with E-state index < -0.39 is 6.04 Å². The van der Waals surface area contributed by atoms with E-state index in [-0.39, 0.29) is 24.1 Å². The largest absolute Gasteiger partial charge is 0.355 e. The smallest absolute Gasteiger partial charge is 0.242 e. The molecule has 0 radical (unpaired) electrons. The van der Waals surface area contributed by atoms with Gasteiger partial charge in [0.2, 0.25) is 11.8 Å². The number of thioether (sulfide) groups is 1. The average Bonchev–Trinajstić information content (AvgIpc) is 2.69. The predicted octanol–water partition coefficient (Wildman–Crippen LogP) is 6.09. The number of rotatable bonds is 9. The van der Waals surface area contributed by atoms with Crippen molar-refractivity contribution < 1.29 is 9.59 Å². The molecule has 1 atom stereocenters. The summed E-state index contributed by atoms with van der Waals surface area (Å²) in [7, 11) is 0. The first kappa shape index (κ1) is 25.2. The zero-order valence-electron chi connectivity index (χ0n) is 16.6. The van der Waals surface area contributed by atoms with Gasteiger partial charge >= 0.3 is 0 Å². The quantitative estimate of drug-likeness (QED) is 0.447. The van der Waals surface area contributed by atoms with Gasteiger partial charge in [0.25, 0.3) is 0 Å². The summed E-state index contributed by atoms with van der Waals surface area (Å²) in [4.78, 5) is 26.9. The SMILES string of the molecule is CCNC(=O)[C@H](C)N(Cc1c(Cl)cccc1Cl)C(=O)CSCc1ccc(Cl)cc1Cl. The number of halogens is 4. The van der Waals surface area contributed by atoms with Crippen LogP contribution in [-0.4, -0.2) is 35.1 Å². The van der Waals surface area contributed by atoms with Gasteiger partial charge in [-0.05, 0) is 43.7 Å². The molecule has 0 aliphatic heterocycles. The number of carbonyl (C=O) groups excluding carboxylic acids is 2. The second kappa shape index (κ2) is 12.1. The van der Waals surface area contributed by atoms with Gasteiger partial charge in [-0.2, -0.15) is 0 Å². The molecule has 0 aromatic heterocycles. The standard InChI is InChI=1S/C21H22Cl4N2O2S/c1-3-26-21(29)13(2)27(10-16-17(23)5-4-6-18(16)24)20(28)12-30-11-14-7-8-15(22)9-19(14)25/h4-9,13H,3,10-12H2,1-2H3,(H,26,29)/t13-/m0/s1. The molecule has 0 bridgehead atoms. The topological polar surface area (TPSA) is 49.4 Å². The Labute approximate surface area is 201 Å². The minimum Gasteiger partial charge on any atom is -0.355 e. The van der Waals surface area contributed by atoms with Crippen LogP contribution in [0.15, 0.2) is 36.4 Å². The van der Waals surface area contributed by atoms with Crippen molar-refractivity contribution in [2.75, 3.05) is 12.3 Å². The van der Waals surface area contributed by atoms with Crippen LogP contribution in [0.25, 0.3) is 0 Å². The zero-order chi connectivity index (χ0) is 22.3. The lowest BCUT2D eigenvalue weighted by Gasteiger charge is -2.29. The number of nitrogens with zero attached hydrogens (tertiary/aromatic N) is 1. The van der Waals surface area contributed by atoms with Crippen molar-refractivity contribution in [3.8, 4) is 0 Å². The summed E-state index contributed by atoms with van der Waals surface area (Å²) in [5.41, 5.74) is 1.49. The molecule has 4 nitrogen and oxygen atoms in total. The Bertz CT molecular complexity index is 890. The summed E-state index contributed by atoms with van der Waals surface area (Å²) < 4.78 is 0. The van der Waals surface area contributed by atoms with Crippen LogP contribution >= 0.6 is 58.2 Å². The van der Waals surface area contributed by atoms with E-state index in [4.69, 9.17) is 46.4 Å². The highest BCUT2D eigenvalue weighted by Crippen LogP contribution is 2.28. The number of amides is 2. The molecule has 0 unspecified atom stereocenters. The monoisotopic (exact) mass is 506 g/mol. The Kier molecular flexibility index (Phi) is 10.1. The molecule has 0 saturated carbocycles. The van der Waals surface area contributed by atoms with Gasteiger partial charge in [0.15, 0.2) is 0 Å². The molecule has 2 aromatic carbocycles. The van der Waals surface area contributed by atoms with E-state index in [2.05, 4.69) is 5.32 Å². The molecule has 1 N–H and O–H groups in total. The summed E-state index contributed by atoms with van der Waals surface area (Å²) in [6, 6.07) is 9.74. The van der Waals surface area contributed by atoms with E-state index in [9.17, 15) is 9.59 Å². The number of nitrogens with one attached hydrogen (secondary N) is 1. The number of hydrogen-bond donors (Lipinski definition) is 1. The van der Waals surface area contributed by atoms with Crippen LogP contribution in [0.2, 0.25) is 20.1 Å². The van der Waals surface area contributed by atoms with E-state index in [1.807, 2.05) is 13.0 Å². The predicted molar refractivity (Wildman–Crippen MR) is 128 cm³/mol. The van der Waals surface area contributed by atoms with Crippen molar-refractivity contribution in [1.82, 2.24) is 10.2 Å². The van der Waals surface area contributed by atoms with Crippen molar-refractivity contribution in [1.29, 1.82) is 0 Å². The molecular formula is C21H22Cl4N2O2S.